The molecule has 10 heavy (non-hydrogen) atoms. The van der Waals surface area contributed by atoms with Crippen molar-refractivity contribution < 1.29 is 5.11 Å². The Morgan fingerprint density at radius 3 is 2.70 bits per heavy atom. The normalized spacial score (nSPS) is 39.6. The molecule has 56 valence electrons. The lowest BCUT2D eigenvalue weighted by atomic mass is 9.87. The summed E-state index contributed by atoms with van der Waals surface area (Å²) in [6.07, 6.45) is 5.37. The van der Waals surface area contributed by atoms with Crippen LogP contribution in [0.5, 0.6) is 0 Å². The van der Waals surface area contributed by atoms with Crippen molar-refractivity contribution in [1.82, 2.24) is 0 Å². The highest BCUT2D eigenvalue weighted by Crippen LogP contribution is 2.24. The maximum Gasteiger partial charge on any atom is 0.139 e. The molecule has 1 aliphatic carbocycles. The van der Waals surface area contributed by atoms with Gasteiger partial charge in [0.15, 0.2) is 0 Å². The topological polar surface area (TPSA) is 46.2 Å². The van der Waals surface area contributed by atoms with Crippen molar-refractivity contribution in [3.05, 3.63) is 23.8 Å². The van der Waals surface area contributed by atoms with Gasteiger partial charge < -0.3 is 5.11 Å². The van der Waals surface area contributed by atoms with E-state index >= 15 is 0 Å². The van der Waals surface area contributed by atoms with Crippen molar-refractivity contribution in [2.45, 2.75) is 19.6 Å². The molecule has 2 nitrogen and oxygen atoms in total. The molecule has 0 bridgehead atoms. The van der Waals surface area contributed by atoms with Gasteiger partial charge in [-0.25, -0.2) is 0 Å². The fourth-order valence-electron chi connectivity index (χ4n) is 1.01. The van der Waals surface area contributed by atoms with Crippen LogP contribution in [0.15, 0.2) is 23.8 Å². The molecule has 0 amide bonds. The second kappa shape index (κ2) is 2.22. The molecule has 0 saturated heterocycles. The molecule has 0 aromatic carbocycles. The second-order valence-electron chi connectivity index (χ2n) is 2.88. The van der Waals surface area contributed by atoms with Crippen LogP contribution in [0, 0.1) is 5.92 Å². The van der Waals surface area contributed by atoms with Crippen molar-refractivity contribution in [2.75, 3.05) is 0 Å². The van der Waals surface area contributed by atoms with E-state index < -0.39 is 5.72 Å². The molecule has 3 N–H and O–H groups in total. The quantitative estimate of drug-likeness (QED) is 0.487. The van der Waals surface area contributed by atoms with Crippen LogP contribution < -0.4 is 5.73 Å². The first-order valence-corrected chi connectivity index (χ1v) is 3.41. The van der Waals surface area contributed by atoms with Crippen molar-refractivity contribution >= 4 is 0 Å². The minimum Gasteiger partial charge on any atom is -0.372 e. The van der Waals surface area contributed by atoms with E-state index in [1.54, 1.807) is 12.2 Å². The standard InChI is InChI=1S/C8H13NO/c1-6-4-3-5-8(9,10)7(6)2/h3-5,7,10H,9H2,1-2H3. The Labute approximate surface area is 61.0 Å². The van der Waals surface area contributed by atoms with E-state index in [0.717, 1.165) is 5.57 Å². The number of allylic oxidation sites excluding steroid dienone is 2. The number of hydrogen-bond acceptors (Lipinski definition) is 2. The fourth-order valence-corrected chi connectivity index (χ4v) is 1.01. The number of aliphatic hydroxyl groups is 1. The Hall–Kier alpha value is -0.600. The third-order valence-corrected chi connectivity index (χ3v) is 2.10. The highest BCUT2D eigenvalue weighted by Gasteiger charge is 2.28. The summed E-state index contributed by atoms with van der Waals surface area (Å²) in [6, 6.07) is 0. The smallest absolute Gasteiger partial charge is 0.139 e. The van der Waals surface area contributed by atoms with E-state index in [9.17, 15) is 5.11 Å². The predicted octanol–water partition coefficient (Wildman–Crippen LogP) is 0.786. The zero-order chi connectivity index (χ0) is 7.78. The van der Waals surface area contributed by atoms with Crippen molar-refractivity contribution in [3.8, 4) is 0 Å². The molecule has 0 aromatic heterocycles. The van der Waals surface area contributed by atoms with E-state index in [1.165, 1.54) is 0 Å². The summed E-state index contributed by atoms with van der Waals surface area (Å²) >= 11 is 0. The first-order valence-electron chi connectivity index (χ1n) is 3.41. The van der Waals surface area contributed by atoms with Crippen molar-refractivity contribution in [3.63, 3.8) is 0 Å². The SMILES string of the molecule is CC1=CC=CC(N)(O)C1C. The lowest BCUT2D eigenvalue weighted by Gasteiger charge is -2.29. The number of rotatable bonds is 0. The number of hydrogen-bond donors (Lipinski definition) is 2. The molecule has 0 spiro atoms. The van der Waals surface area contributed by atoms with Crippen LogP contribution in [0.1, 0.15) is 13.8 Å². The molecule has 2 unspecified atom stereocenters. The summed E-state index contributed by atoms with van der Waals surface area (Å²) in [5.41, 5.74) is 5.52. The van der Waals surface area contributed by atoms with Gasteiger partial charge in [0.05, 0.1) is 0 Å². The molecular weight excluding hydrogens is 126 g/mol. The van der Waals surface area contributed by atoms with E-state index in [-0.39, 0.29) is 5.92 Å². The summed E-state index contributed by atoms with van der Waals surface area (Å²) in [6.45, 7) is 3.88. The van der Waals surface area contributed by atoms with Crippen LogP contribution in [0.2, 0.25) is 0 Å². The molecule has 0 aliphatic heterocycles. The summed E-state index contributed by atoms with van der Waals surface area (Å²) < 4.78 is 0. The molecular formula is C8H13NO. The Balaban J connectivity index is 2.89. The predicted molar refractivity (Wildman–Crippen MR) is 41.2 cm³/mol. The van der Waals surface area contributed by atoms with Gasteiger partial charge in [-0.1, -0.05) is 24.6 Å². The van der Waals surface area contributed by atoms with Gasteiger partial charge in [0.2, 0.25) is 0 Å². The van der Waals surface area contributed by atoms with E-state index in [2.05, 4.69) is 0 Å². The van der Waals surface area contributed by atoms with Gasteiger partial charge in [0, 0.05) is 5.92 Å². The maximum absolute atomic E-state index is 9.46. The molecule has 0 fully saturated rings. The van der Waals surface area contributed by atoms with Crippen LogP contribution in [0.4, 0.5) is 0 Å². The van der Waals surface area contributed by atoms with Gasteiger partial charge >= 0.3 is 0 Å². The zero-order valence-electron chi connectivity index (χ0n) is 6.33. The molecule has 0 aromatic rings. The Bertz CT molecular complexity index is 191. The Morgan fingerprint density at radius 1 is 1.70 bits per heavy atom. The van der Waals surface area contributed by atoms with Gasteiger partial charge in [0.25, 0.3) is 0 Å². The van der Waals surface area contributed by atoms with Gasteiger partial charge in [0.1, 0.15) is 5.72 Å². The average molecular weight is 139 g/mol. The fraction of sp³-hybridized carbons (Fsp3) is 0.500. The van der Waals surface area contributed by atoms with Crippen LogP contribution in [-0.2, 0) is 0 Å². The van der Waals surface area contributed by atoms with Gasteiger partial charge in [-0.3, -0.25) is 5.73 Å². The van der Waals surface area contributed by atoms with Crippen LogP contribution in [0.25, 0.3) is 0 Å². The molecule has 1 rings (SSSR count). The minimum atomic E-state index is -1.14. The first kappa shape index (κ1) is 7.51. The molecule has 0 radical (unpaired) electrons. The maximum atomic E-state index is 9.46. The average Bonchev–Trinajstić information content (AvgIpc) is 1.83. The largest absolute Gasteiger partial charge is 0.372 e. The zero-order valence-corrected chi connectivity index (χ0v) is 6.33. The van der Waals surface area contributed by atoms with Gasteiger partial charge in [-0.2, -0.15) is 0 Å². The third-order valence-electron chi connectivity index (χ3n) is 2.10. The summed E-state index contributed by atoms with van der Waals surface area (Å²) in [7, 11) is 0. The third kappa shape index (κ3) is 1.13. The van der Waals surface area contributed by atoms with E-state index in [1.807, 2.05) is 19.9 Å². The molecule has 0 heterocycles. The lowest BCUT2D eigenvalue weighted by Crippen LogP contribution is -2.45. The highest BCUT2D eigenvalue weighted by molar-refractivity contribution is 5.25. The van der Waals surface area contributed by atoms with Crippen LogP contribution >= 0.6 is 0 Å². The van der Waals surface area contributed by atoms with E-state index in [0.29, 0.717) is 0 Å². The summed E-state index contributed by atoms with van der Waals surface area (Å²) in [5, 5.41) is 9.46. The van der Waals surface area contributed by atoms with E-state index in [4.69, 9.17) is 5.73 Å². The summed E-state index contributed by atoms with van der Waals surface area (Å²) in [4.78, 5) is 0. The van der Waals surface area contributed by atoms with Gasteiger partial charge in [-0.05, 0) is 13.0 Å². The molecule has 1 aliphatic rings. The Kier molecular flexibility index (Phi) is 1.67. The van der Waals surface area contributed by atoms with Crippen LogP contribution in [0.3, 0.4) is 0 Å². The monoisotopic (exact) mass is 139 g/mol. The van der Waals surface area contributed by atoms with Crippen LogP contribution in [-0.4, -0.2) is 10.8 Å². The first-order chi connectivity index (χ1) is 4.54. The molecule has 2 atom stereocenters. The minimum absolute atomic E-state index is 0.0255. The Morgan fingerprint density at radius 2 is 2.30 bits per heavy atom. The second-order valence-corrected chi connectivity index (χ2v) is 2.88. The highest BCUT2D eigenvalue weighted by atomic mass is 16.3. The van der Waals surface area contributed by atoms with Gasteiger partial charge in [-0.15, -0.1) is 0 Å². The van der Waals surface area contributed by atoms with Crippen molar-refractivity contribution in [2.24, 2.45) is 11.7 Å². The summed E-state index contributed by atoms with van der Waals surface area (Å²) in [5.74, 6) is 0.0255. The lowest BCUT2D eigenvalue weighted by molar-refractivity contribution is 0.0554. The van der Waals surface area contributed by atoms with Crippen molar-refractivity contribution in [1.29, 1.82) is 0 Å². The molecule has 0 saturated carbocycles. The number of nitrogens with two attached hydrogens (primary N) is 1. The molecule has 2 heteroatoms.